The van der Waals surface area contributed by atoms with E-state index in [2.05, 4.69) is 10.2 Å². The Hall–Kier alpha value is -6.41. The fourth-order valence-corrected chi connectivity index (χ4v) is 10.7. The maximum atomic E-state index is 13.6. The summed E-state index contributed by atoms with van der Waals surface area (Å²) in [6, 6.07) is 8.93. The number of aromatic hydroxyl groups is 1. The van der Waals surface area contributed by atoms with Crippen molar-refractivity contribution in [2.24, 2.45) is 4.99 Å². The number of nitrogens with zero attached hydrogens (tertiary/aromatic N) is 3. The van der Waals surface area contributed by atoms with Crippen molar-refractivity contribution in [1.29, 1.82) is 0 Å². The number of anilines is 1. The van der Waals surface area contributed by atoms with Crippen molar-refractivity contribution in [1.82, 2.24) is 10.4 Å². The Kier molecular flexibility index (Phi) is 17.4. The number of amides is 3. The molecule has 1 saturated heterocycles. The van der Waals surface area contributed by atoms with Crippen molar-refractivity contribution in [3.05, 3.63) is 124 Å². The highest BCUT2D eigenvalue weighted by Crippen LogP contribution is 2.49. The average Bonchev–Trinajstić information content (AvgIpc) is 3.75. The first kappa shape index (κ1) is 56.9. The van der Waals surface area contributed by atoms with Crippen LogP contribution >= 0.6 is 0 Å². The van der Waals surface area contributed by atoms with Gasteiger partial charge < -0.3 is 24.9 Å². The van der Waals surface area contributed by atoms with Gasteiger partial charge in [-0.25, -0.2) is 4.79 Å². The summed E-state index contributed by atoms with van der Waals surface area (Å²) in [5.74, 6) is -1.14. The third-order valence-corrected chi connectivity index (χ3v) is 16.0. The van der Waals surface area contributed by atoms with Gasteiger partial charge >= 0.3 is 5.97 Å². The third-order valence-electron chi connectivity index (χ3n) is 14.3. The van der Waals surface area contributed by atoms with E-state index in [4.69, 9.17) is 14.6 Å². The molecule has 3 aliphatic rings. The molecule has 3 aliphatic heterocycles. The highest BCUT2D eigenvalue weighted by Gasteiger charge is 2.42. The summed E-state index contributed by atoms with van der Waals surface area (Å²) in [6.07, 6.45) is 16.0. The first-order valence-corrected chi connectivity index (χ1v) is 27.6. The normalized spacial score (nSPS) is 18.7. The van der Waals surface area contributed by atoms with E-state index < -0.39 is 54.5 Å². The van der Waals surface area contributed by atoms with Gasteiger partial charge in [-0.3, -0.25) is 28.5 Å². The van der Waals surface area contributed by atoms with Crippen molar-refractivity contribution < 1.29 is 59.8 Å². The summed E-state index contributed by atoms with van der Waals surface area (Å²) in [4.78, 5) is 61.2. The van der Waals surface area contributed by atoms with Crippen LogP contribution in [0.5, 0.6) is 11.5 Å². The number of hydrogen-bond donors (Lipinski definition) is 4. The van der Waals surface area contributed by atoms with Crippen molar-refractivity contribution in [2.75, 3.05) is 24.5 Å². The van der Waals surface area contributed by atoms with E-state index in [9.17, 15) is 50.2 Å². The van der Waals surface area contributed by atoms with Gasteiger partial charge in [0.15, 0.2) is 5.60 Å². The first-order chi connectivity index (χ1) is 34.6. The highest BCUT2D eigenvalue weighted by molar-refractivity contribution is 7.86. The number of aryl methyl sites for hydroxylation is 1. The van der Waals surface area contributed by atoms with Crippen molar-refractivity contribution in [2.45, 2.75) is 146 Å². The Morgan fingerprint density at radius 2 is 1.46 bits per heavy atom. The molecule has 1 unspecified atom stereocenters. The number of allylic oxidation sites excluding steroid dienone is 8. The molecule has 1 atom stereocenters. The zero-order chi connectivity index (χ0) is 54.6. The quantitative estimate of drug-likeness (QED) is 0.0272. The van der Waals surface area contributed by atoms with Crippen molar-refractivity contribution in [3.8, 4) is 11.5 Å². The summed E-state index contributed by atoms with van der Waals surface area (Å²) in [6.45, 7) is 18.0. The number of hydroxylamine groups is 2. The fourth-order valence-electron chi connectivity index (χ4n) is 9.67. The summed E-state index contributed by atoms with van der Waals surface area (Å²) in [5.41, 5.74) is 4.88. The van der Waals surface area contributed by atoms with E-state index in [-0.39, 0.29) is 40.7 Å². The molecule has 3 amide bonds. The molecule has 17 nitrogen and oxygen atoms in total. The molecule has 3 aromatic carbocycles. The lowest BCUT2D eigenvalue weighted by Gasteiger charge is -2.36. The Morgan fingerprint density at radius 1 is 0.824 bits per heavy atom. The molecule has 4 N–H and O–H groups in total. The molecule has 3 heterocycles. The number of unbranched alkanes of at least 4 members (excludes halogenated alkanes) is 2. The number of nitrogens with one attached hydrogen (secondary N) is 1. The van der Waals surface area contributed by atoms with E-state index in [1.807, 2.05) is 91.8 Å². The molecular weight excluding hydrogens is 989 g/mol. The van der Waals surface area contributed by atoms with Crippen LogP contribution in [0.25, 0.3) is 0 Å². The summed E-state index contributed by atoms with van der Waals surface area (Å²) in [5, 5.41) is 14.1. The second-order valence-electron chi connectivity index (χ2n) is 20.3. The van der Waals surface area contributed by atoms with Crippen molar-refractivity contribution in [3.63, 3.8) is 0 Å². The van der Waals surface area contributed by atoms with Gasteiger partial charge in [0.1, 0.15) is 11.5 Å². The molecule has 6 rings (SSSR count). The number of imide groups is 1. The molecule has 3 aromatic rings. The van der Waals surface area contributed by atoms with Crippen molar-refractivity contribution >= 4 is 55.3 Å². The standard InChI is InChI=1S/C55H68N4O13S2/c1-35-22-23-39(73(65,66)67)33-42(35)53(5,6)45(56-30-18-31-57-52(64)55(9)29-28-41-38(4)50(63)36(2)37(3)51(41)71-55)19-14-11-10-12-15-20-46-54(7,8)43-34-40(74(68,69)70)24-25-44(43)58(46)32-17-13-16-21-49(62)72-59-47(60)26-27-48(59)61/h10-12,14-15,19-20,22-25,33-34,63H,13,16-18,21,26-32H2,1-9H3,(H,57,64)(H,65,66,67)(H,68,69,70)/b11-10+,15-12+,19-14+,46-20+,56-45?. The zero-order valence-corrected chi connectivity index (χ0v) is 45.2. The minimum absolute atomic E-state index is 0.00865. The SMILES string of the molecule is Cc1ccc(S(=O)(=O)O)cc1C(C)(C)C(/C=C/C=C/C=C/C=C1/N(CCCCCC(=O)ON2C(=O)CCC2=O)c2ccc(S(=O)(=O)O)cc2C1(C)C)=NCCCNC(=O)C1(C)CCc2c(C)c(O)c(C)c(C)c2O1. The smallest absolute Gasteiger partial charge is 0.333 e. The molecule has 0 aromatic heterocycles. The second kappa shape index (κ2) is 22.6. The number of benzene rings is 3. The Bertz CT molecular complexity index is 3100. The molecule has 398 valence electrons. The van der Waals surface area contributed by atoms with E-state index in [1.54, 1.807) is 25.1 Å². The van der Waals surface area contributed by atoms with E-state index in [0.29, 0.717) is 91.4 Å². The van der Waals surface area contributed by atoms with Gasteiger partial charge in [-0.1, -0.05) is 70.6 Å². The number of phenolic OH excluding ortho intramolecular Hbond substituents is 1. The van der Waals surface area contributed by atoms with Gasteiger partial charge in [-0.05, 0) is 136 Å². The summed E-state index contributed by atoms with van der Waals surface area (Å²) in [7, 11) is -8.98. The van der Waals surface area contributed by atoms with Gasteiger partial charge in [0.05, 0.1) is 9.79 Å². The highest BCUT2D eigenvalue weighted by atomic mass is 32.2. The maximum Gasteiger partial charge on any atom is 0.333 e. The summed E-state index contributed by atoms with van der Waals surface area (Å²) >= 11 is 0. The molecule has 74 heavy (non-hydrogen) atoms. The Balaban J connectivity index is 1.16. The number of hydrogen-bond acceptors (Lipinski definition) is 13. The number of carbonyl (C=O) groups is 4. The molecule has 0 spiro atoms. The maximum absolute atomic E-state index is 13.6. The molecule has 19 heteroatoms. The monoisotopic (exact) mass is 1060 g/mol. The molecule has 0 radical (unpaired) electrons. The average molecular weight is 1060 g/mol. The van der Waals surface area contributed by atoms with E-state index in [0.717, 1.165) is 33.6 Å². The fraction of sp³-hybridized carbons (Fsp3) is 0.436. The number of ether oxygens (including phenoxy) is 1. The lowest BCUT2D eigenvalue weighted by atomic mass is 9.77. The number of carbonyl (C=O) groups excluding carboxylic acids is 4. The molecular formula is C55H68N4O13S2. The first-order valence-electron chi connectivity index (χ1n) is 24.7. The molecule has 0 bridgehead atoms. The van der Waals surface area contributed by atoms with Crippen LogP contribution in [0.2, 0.25) is 0 Å². The zero-order valence-electron chi connectivity index (χ0n) is 43.6. The summed E-state index contributed by atoms with van der Waals surface area (Å²) < 4.78 is 74.9. The van der Waals surface area contributed by atoms with Crippen LogP contribution < -0.4 is 15.0 Å². The number of aliphatic imine (C=N–C) groups is 1. The van der Waals surface area contributed by atoms with E-state index >= 15 is 0 Å². The van der Waals surface area contributed by atoms with Crippen LogP contribution in [-0.4, -0.2) is 90.7 Å². The lowest BCUT2D eigenvalue weighted by molar-refractivity contribution is -0.197. The lowest BCUT2D eigenvalue weighted by Crippen LogP contribution is -2.51. The Morgan fingerprint density at radius 3 is 2.14 bits per heavy atom. The molecule has 1 fully saturated rings. The van der Waals surface area contributed by atoms with Crippen LogP contribution in [0.3, 0.4) is 0 Å². The van der Waals surface area contributed by atoms with Crippen LogP contribution in [0.15, 0.2) is 99.4 Å². The number of rotatable bonds is 20. The van der Waals surface area contributed by atoms with E-state index in [1.165, 1.54) is 24.3 Å². The molecule has 0 aliphatic carbocycles. The van der Waals surface area contributed by atoms with Crippen LogP contribution in [0.4, 0.5) is 5.69 Å². The third kappa shape index (κ3) is 12.6. The van der Waals surface area contributed by atoms with Gasteiger partial charge in [-0.2, -0.15) is 16.8 Å². The predicted octanol–water partition coefficient (Wildman–Crippen LogP) is 8.65. The van der Waals surface area contributed by atoms with Crippen LogP contribution in [0.1, 0.15) is 125 Å². The number of fused-ring (bicyclic) bond motifs is 2. The van der Waals surface area contributed by atoms with Gasteiger partial charge in [0, 0.05) is 78.8 Å². The topological polar surface area (TPSA) is 247 Å². The predicted molar refractivity (Wildman–Crippen MR) is 281 cm³/mol. The minimum atomic E-state index is -4.50. The van der Waals surface area contributed by atoms with Crippen LogP contribution in [-0.2, 0) is 61.5 Å². The second-order valence-corrected chi connectivity index (χ2v) is 23.1. The van der Waals surface area contributed by atoms with Gasteiger partial charge in [-0.15, -0.1) is 5.06 Å². The van der Waals surface area contributed by atoms with Crippen LogP contribution in [0, 0.1) is 27.7 Å². The van der Waals surface area contributed by atoms with Gasteiger partial charge in [0.2, 0.25) is 0 Å². The minimum Gasteiger partial charge on any atom is -0.507 e. The largest absolute Gasteiger partial charge is 0.507 e. The van der Waals surface area contributed by atoms with Gasteiger partial charge in [0.25, 0.3) is 38.0 Å². The number of phenols is 1. The Labute approximate surface area is 434 Å². The molecule has 0 saturated carbocycles.